The van der Waals surface area contributed by atoms with Gasteiger partial charge >= 0.3 is 0 Å². The van der Waals surface area contributed by atoms with E-state index in [4.69, 9.17) is 10.7 Å². The molecule has 0 saturated heterocycles. The molecule has 5 heteroatoms. The Hall–Kier alpha value is -0.610. The van der Waals surface area contributed by atoms with Crippen LogP contribution in [0.1, 0.15) is 25.3 Å². The Labute approximate surface area is 99.9 Å². The van der Waals surface area contributed by atoms with E-state index in [1.165, 1.54) is 12.1 Å². The van der Waals surface area contributed by atoms with Crippen LogP contribution in [0.5, 0.6) is 0 Å². The zero-order valence-corrected chi connectivity index (χ0v) is 10.7. The lowest BCUT2D eigenvalue weighted by Gasteiger charge is -2.19. The van der Waals surface area contributed by atoms with E-state index in [1.807, 2.05) is 13.8 Å². The number of rotatable bonds is 4. The van der Waals surface area contributed by atoms with Gasteiger partial charge in [-0.15, -0.1) is 0 Å². The van der Waals surface area contributed by atoms with Crippen molar-refractivity contribution in [3.8, 4) is 0 Å². The van der Waals surface area contributed by atoms with Crippen LogP contribution in [0.2, 0.25) is 0 Å². The fourth-order valence-electron chi connectivity index (χ4n) is 1.60. The molecule has 1 unspecified atom stereocenters. The summed E-state index contributed by atoms with van der Waals surface area (Å²) in [6.07, 6.45) is 0. The van der Waals surface area contributed by atoms with E-state index in [0.29, 0.717) is 0 Å². The third-order valence-corrected chi connectivity index (χ3v) is 3.62. The highest BCUT2D eigenvalue weighted by Crippen LogP contribution is 2.27. The zero-order chi connectivity index (χ0) is 12.3. The van der Waals surface area contributed by atoms with Crippen LogP contribution in [0.15, 0.2) is 24.3 Å². The molecule has 90 valence electrons. The van der Waals surface area contributed by atoms with E-state index in [9.17, 15) is 12.8 Å². The largest absolute Gasteiger partial charge is 0.233 e. The first-order valence-electron chi connectivity index (χ1n) is 4.97. The molecule has 0 amide bonds. The van der Waals surface area contributed by atoms with Gasteiger partial charge in [0.1, 0.15) is 5.82 Å². The summed E-state index contributed by atoms with van der Waals surface area (Å²) in [5.41, 5.74) is 0.792. The maximum Gasteiger partial charge on any atom is 0.233 e. The number of hydrogen-bond acceptors (Lipinski definition) is 2. The molecule has 0 aliphatic heterocycles. The van der Waals surface area contributed by atoms with Gasteiger partial charge in [-0.25, -0.2) is 12.8 Å². The lowest BCUT2D eigenvalue weighted by molar-refractivity contribution is 0.524. The molecule has 0 bridgehead atoms. The highest BCUT2D eigenvalue weighted by atomic mass is 35.7. The summed E-state index contributed by atoms with van der Waals surface area (Å²) in [7, 11) is 1.70. The van der Waals surface area contributed by atoms with E-state index in [0.717, 1.165) is 5.56 Å². The molecular formula is C11H14ClFO2S. The highest BCUT2D eigenvalue weighted by Gasteiger charge is 2.22. The molecule has 1 aromatic rings. The fraction of sp³-hybridized carbons (Fsp3) is 0.455. The molecule has 0 aliphatic carbocycles. The van der Waals surface area contributed by atoms with Gasteiger partial charge in [0, 0.05) is 16.6 Å². The minimum absolute atomic E-state index is 0.124. The second-order valence-corrected chi connectivity index (χ2v) is 6.93. The molecule has 0 saturated carbocycles. The second-order valence-electron chi connectivity index (χ2n) is 4.11. The normalized spacial score (nSPS) is 14.1. The summed E-state index contributed by atoms with van der Waals surface area (Å²) < 4.78 is 34.9. The van der Waals surface area contributed by atoms with E-state index in [-0.39, 0.29) is 23.4 Å². The van der Waals surface area contributed by atoms with Gasteiger partial charge in [-0.3, -0.25) is 0 Å². The maximum atomic E-state index is 12.7. The number of benzene rings is 1. The predicted molar refractivity (Wildman–Crippen MR) is 63.6 cm³/mol. The average Bonchev–Trinajstić information content (AvgIpc) is 2.14. The highest BCUT2D eigenvalue weighted by molar-refractivity contribution is 8.13. The topological polar surface area (TPSA) is 34.1 Å². The van der Waals surface area contributed by atoms with Crippen molar-refractivity contribution >= 4 is 19.7 Å². The van der Waals surface area contributed by atoms with E-state index >= 15 is 0 Å². The molecule has 0 aromatic heterocycles. The van der Waals surface area contributed by atoms with Crippen LogP contribution in [0.3, 0.4) is 0 Å². The molecule has 1 rings (SSSR count). The maximum absolute atomic E-state index is 12.7. The lowest BCUT2D eigenvalue weighted by Crippen LogP contribution is -2.15. The molecule has 0 fully saturated rings. The van der Waals surface area contributed by atoms with Crippen LogP contribution in [0, 0.1) is 11.7 Å². The van der Waals surface area contributed by atoms with Crippen molar-refractivity contribution < 1.29 is 12.8 Å². The number of hydrogen-bond donors (Lipinski definition) is 0. The lowest BCUT2D eigenvalue weighted by atomic mass is 9.90. The first-order chi connectivity index (χ1) is 7.29. The SMILES string of the molecule is CC(C)C(CS(=O)(=O)Cl)c1ccc(F)cc1. The summed E-state index contributed by atoms with van der Waals surface area (Å²) >= 11 is 0. The van der Waals surface area contributed by atoms with Crippen molar-refractivity contribution in [3.63, 3.8) is 0 Å². The van der Waals surface area contributed by atoms with Crippen LogP contribution < -0.4 is 0 Å². The van der Waals surface area contributed by atoms with Crippen LogP contribution in [-0.4, -0.2) is 14.2 Å². The van der Waals surface area contributed by atoms with Crippen LogP contribution in [-0.2, 0) is 9.05 Å². The molecule has 16 heavy (non-hydrogen) atoms. The van der Waals surface area contributed by atoms with Crippen molar-refractivity contribution in [3.05, 3.63) is 35.6 Å². The van der Waals surface area contributed by atoms with Crippen molar-refractivity contribution in [1.29, 1.82) is 0 Å². The van der Waals surface area contributed by atoms with E-state index in [2.05, 4.69) is 0 Å². The zero-order valence-electron chi connectivity index (χ0n) is 9.15. The summed E-state index contributed by atoms with van der Waals surface area (Å²) in [6.45, 7) is 3.83. The van der Waals surface area contributed by atoms with Crippen LogP contribution >= 0.6 is 10.7 Å². The Morgan fingerprint density at radius 3 is 2.12 bits per heavy atom. The summed E-state index contributed by atoms with van der Waals surface area (Å²) in [6, 6.07) is 5.85. The Bertz CT molecular complexity index is 440. The predicted octanol–water partition coefficient (Wildman–Crippen LogP) is 3.13. The Morgan fingerprint density at radius 2 is 1.75 bits per heavy atom. The van der Waals surface area contributed by atoms with Gasteiger partial charge in [0.25, 0.3) is 0 Å². The van der Waals surface area contributed by atoms with Crippen LogP contribution in [0.25, 0.3) is 0 Å². The van der Waals surface area contributed by atoms with Crippen molar-refractivity contribution in [1.82, 2.24) is 0 Å². The third-order valence-electron chi connectivity index (χ3n) is 2.48. The molecule has 2 nitrogen and oxygen atoms in total. The first-order valence-corrected chi connectivity index (χ1v) is 7.45. The van der Waals surface area contributed by atoms with E-state index in [1.54, 1.807) is 12.1 Å². The van der Waals surface area contributed by atoms with Gasteiger partial charge < -0.3 is 0 Å². The van der Waals surface area contributed by atoms with Crippen molar-refractivity contribution in [2.75, 3.05) is 5.75 Å². The summed E-state index contributed by atoms with van der Waals surface area (Å²) in [5, 5.41) is 0. The van der Waals surface area contributed by atoms with Crippen LogP contribution in [0.4, 0.5) is 4.39 Å². The van der Waals surface area contributed by atoms with Crippen molar-refractivity contribution in [2.24, 2.45) is 5.92 Å². The van der Waals surface area contributed by atoms with Gasteiger partial charge in [0.15, 0.2) is 0 Å². The Morgan fingerprint density at radius 1 is 1.25 bits per heavy atom. The smallest absolute Gasteiger partial charge is 0.212 e. The van der Waals surface area contributed by atoms with Gasteiger partial charge in [-0.2, -0.15) is 0 Å². The average molecular weight is 265 g/mol. The first kappa shape index (κ1) is 13.5. The monoisotopic (exact) mass is 264 g/mol. The van der Waals surface area contributed by atoms with Gasteiger partial charge in [0.2, 0.25) is 9.05 Å². The molecule has 0 radical (unpaired) electrons. The Kier molecular flexibility index (Phi) is 4.33. The molecule has 0 heterocycles. The molecule has 0 aliphatic rings. The molecule has 0 N–H and O–H groups in total. The van der Waals surface area contributed by atoms with Gasteiger partial charge in [0.05, 0.1) is 5.75 Å². The molecule has 1 atom stereocenters. The molecular weight excluding hydrogens is 251 g/mol. The minimum Gasteiger partial charge on any atom is -0.212 e. The standard InChI is InChI=1S/C11H14ClFO2S/c1-8(2)11(7-16(12,14)15)9-3-5-10(13)6-4-9/h3-6,8,11H,7H2,1-2H3. The summed E-state index contributed by atoms with van der Waals surface area (Å²) in [5.74, 6) is -0.542. The second kappa shape index (κ2) is 5.15. The fourth-order valence-corrected chi connectivity index (χ4v) is 3.01. The Balaban J connectivity index is 2.99. The number of halogens is 2. The molecule has 1 aromatic carbocycles. The minimum atomic E-state index is -3.55. The van der Waals surface area contributed by atoms with Gasteiger partial charge in [-0.1, -0.05) is 26.0 Å². The third kappa shape index (κ3) is 4.10. The quantitative estimate of drug-likeness (QED) is 0.783. The summed E-state index contributed by atoms with van der Waals surface area (Å²) in [4.78, 5) is 0. The molecule has 0 spiro atoms. The van der Waals surface area contributed by atoms with E-state index < -0.39 is 9.05 Å². The van der Waals surface area contributed by atoms with Gasteiger partial charge in [-0.05, 0) is 23.6 Å². The van der Waals surface area contributed by atoms with Crippen molar-refractivity contribution in [2.45, 2.75) is 19.8 Å².